The second-order valence-electron chi connectivity index (χ2n) is 6.85. The van der Waals surface area contributed by atoms with Crippen molar-refractivity contribution in [2.45, 2.75) is 18.4 Å². The fraction of sp³-hybridized carbons (Fsp3) is 0.562. The van der Waals surface area contributed by atoms with Crippen molar-refractivity contribution in [3.8, 4) is 0 Å². The van der Waals surface area contributed by atoms with Crippen molar-refractivity contribution in [3.05, 3.63) is 18.6 Å². The van der Waals surface area contributed by atoms with Crippen molar-refractivity contribution in [2.75, 3.05) is 31.5 Å². The molecule has 0 saturated carbocycles. The number of rotatable bonds is 1. The topological polar surface area (TPSA) is 67.6 Å². The molecule has 1 N–H and O–H groups in total. The lowest BCUT2D eigenvalue weighted by atomic mass is 9.75. The van der Waals surface area contributed by atoms with Gasteiger partial charge in [-0.25, -0.2) is 15.0 Å². The third-order valence-corrected chi connectivity index (χ3v) is 5.50. The number of anilines is 1. The van der Waals surface area contributed by atoms with Crippen molar-refractivity contribution in [1.29, 1.82) is 0 Å². The molecule has 4 aliphatic rings. The molecule has 6 rings (SSSR count). The van der Waals surface area contributed by atoms with Crippen molar-refractivity contribution < 1.29 is 4.74 Å². The van der Waals surface area contributed by atoms with Crippen LogP contribution in [-0.4, -0.2) is 57.2 Å². The van der Waals surface area contributed by atoms with E-state index in [0.29, 0.717) is 11.9 Å². The van der Waals surface area contributed by atoms with Crippen LogP contribution in [-0.2, 0) is 11.8 Å². The minimum atomic E-state index is -0.123. The van der Waals surface area contributed by atoms with E-state index in [1.165, 1.54) is 25.9 Å². The molecule has 0 aromatic carbocycles. The number of aliphatic imine (C=N–C) groups is 1. The van der Waals surface area contributed by atoms with E-state index in [1.807, 2.05) is 23.9 Å². The van der Waals surface area contributed by atoms with E-state index in [0.717, 1.165) is 29.9 Å². The maximum atomic E-state index is 6.31. The molecule has 3 fully saturated rings. The first-order valence-electron chi connectivity index (χ1n) is 8.22. The molecule has 2 aromatic rings. The molecule has 120 valence electrons. The summed E-state index contributed by atoms with van der Waals surface area (Å²) < 4.78 is 8.29. The van der Waals surface area contributed by atoms with Gasteiger partial charge in [0, 0.05) is 25.7 Å². The Morgan fingerprint density at radius 1 is 1.30 bits per heavy atom. The highest BCUT2D eigenvalue weighted by Gasteiger charge is 2.51. The Balaban J connectivity index is 1.39. The average Bonchev–Trinajstić information content (AvgIpc) is 3.14. The van der Waals surface area contributed by atoms with Crippen molar-refractivity contribution >= 4 is 22.9 Å². The van der Waals surface area contributed by atoms with Gasteiger partial charge in [0.1, 0.15) is 23.4 Å². The third-order valence-electron chi connectivity index (χ3n) is 5.50. The van der Waals surface area contributed by atoms with Gasteiger partial charge in [-0.1, -0.05) is 0 Å². The molecule has 7 heteroatoms. The van der Waals surface area contributed by atoms with Crippen LogP contribution in [0.4, 0.5) is 5.82 Å². The zero-order valence-electron chi connectivity index (χ0n) is 13.2. The number of ether oxygens (including phenoxy) is 1. The largest absolute Gasteiger partial charge is 0.455 e. The molecular weight excluding hydrogens is 292 g/mol. The number of hydrogen-bond acceptors (Lipinski definition) is 6. The van der Waals surface area contributed by atoms with Crippen LogP contribution in [0.15, 0.2) is 23.6 Å². The van der Waals surface area contributed by atoms with Crippen molar-refractivity contribution in [1.82, 2.24) is 19.4 Å². The molecule has 0 aliphatic carbocycles. The van der Waals surface area contributed by atoms with E-state index < -0.39 is 0 Å². The number of aryl methyl sites for hydroxylation is 1. The molecular formula is C16H20N6O. The molecule has 0 unspecified atom stereocenters. The number of fused-ring (bicyclic) bond motifs is 3. The quantitative estimate of drug-likeness (QED) is 0.858. The summed E-state index contributed by atoms with van der Waals surface area (Å²) in [4.78, 5) is 15.8. The summed E-state index contributed by atoms with van der Waals surface area (Å²) in [5.41, 5.74) is 0.778. The molecule has 0 radical (unpaired) electrons. The molecule has 2 bridgehead atoms. The van der Waals surface area contributed by atoms with Crippen molar-refractivity contribution in [3.63, 3.8) is 0 Å². The molecule has 4 aliphatic heterocycles. The second-order valence-corrected chi connectivity index (χ2v) is 6.85. The van der Waals surface area contributed by atoms with Gasteiger partial charge in [-0.2, -0.15) is 0 Å². The average molecular weight is 312 g/mol. The Hall–Kier alpha value is -2.15. The van der Waals surface area contributed by atoms with Gasteiger partial charge < -0.3 is 9.30 Å². The molecule has 1 atom stereocenters. The highest BCUT2D eigenvalue weighted by Crippen LogP contribution is 2.41. The van der Waals surface area contributed by atoms with Crippen molar-refractivity contribution in [2.24, 2.45) is 18.0 Å². The zero-order chi connectivity index (χ0) is 15.4. The first kappa shape index (κ1) is 13.3. The molecule has 3 saturated heterocycles. The lowest BCUT2D eigenvalue weighted by Crippen LogP contribution is -2.61. The molecule has 0 amide bonds. The smallest absolute Gasteiger partial charge is 0.291 e. The zero-order valence-corrected chi connectivity index (χ0v) is 13.2. The van der Waals surface area contributed by atoms with Gasteiger partial charge in [0.15, 0.2) is 0 Å². The Morgan fingerprint density at radius 2 is 2.17 bits per heavy atom. The summed E-state index contributed by atoms with van der Waals surface area (Å²) in [7, 11) is 1.98. The van der Waals surface area contributed by atoms with Crippen LogP contribution in [0.3, 0.4) is 0 Å². The van der Waals surface area contributed by atoms with Crippen LogP contribution in [0.25, 0.3) is 11.0 Å². The van der Waals surface area contributed by atoms with Gasteiger partial charge in [0.2, 0.25) is 0 Å². The standard InChI is InChI=1S/C16H20N6O/c1-21-5-4-12-13(18-10-19-14(12)21)20-15-17-8-16(23-15)9-22-6-2-11(16)3-7-22/h4-5,10-11H,2-3,6-9H2,1H3,(H,17,18,19,20)/t16-/m0/s1. The minimum Gasteiger partial charge on any atom is -0.455 e. The Bertz CT molecular complexity index is 791. The summed E-state index contributed by atoms with van der Waals surface area (Å²) in [6, 6.07) is 2.61. The lowest BCUT2D eigenvalue weighted by molar-refractivity contribution is -0.0829. The van der Waals surface area contributed by atoms with E-state index >= 15 is 0 Å². The van der Waals surface area contributed by atoms with Crippen LogP contribution in [0.1, 0.15) is 12.8 Å². The number of piperidine rings is 3. The fourth-order valence-electron chi connectivity index (χ4n) is 4.23. The van der Waals surface area contributed by atoms with E-state index in [1.54, 1.807) is 6.33 Å². The van der Waals surface area contributed by atoms with E-state index in [-0.39, 0.29) is 5.60 Å². The van der Waals surface area contributed by atoms with Gasteiger partial charge >= 0.3 is 0 Å². The molecule has 6 heterocycles. The van der Waals surface area contributed by atoms with Gasteiger partial charge in [-0.15, -0.1) is 0 Å². The lowest BCUT2D eigenvalue weighted by Gasteiger charge is -2.50. The molecule has 1 spiro atoms. The van der Waals surface area contributed by atoms with E-state index in [2.05, 4.69) is 25.2 Å². The van der Waals surface area contributed by atoms with Crippen LogP contribution >= 0.6 is 0 Å². The monoisotopic (exact) mass is 312 g/mol. The summed E-state index contributed by atoms with van der Waals surface area (Å²) in [6.45, 7) is 4.15. The van der Waals surface area contributed by atoms with Crippen LogP contribution in [0.2, 0.25) is 0 Å². The third kappa shape index (κ3) is 1.96. The first-order valence-corrected chi connectivity index (χ1v) is 8.22. The van der Waals surface area contributed by atoms with Crippen LogP contribution in [0, 0.1) is 5.92 Å². The Labute approximate surface area is 134 Å². The molecule has 7 nitrogen and oxygen atoms in total. The molecule has 2 aromatic heterocycles. The number of nitrogens with zero attached hydrogens (tertiary/aromatic N) is 5. The second kappa shape index (κ2) is 4.67. The number of hydrogen-bond donors (Lipinski definition) is 1. The minimum absolute atomic E-state index is 0.123. The van der Waals surface area contributed by atoms with Gasteiger partial charge in [0.05, 0.1) is 11.9 Å². The fourth-order valence-corrected chi connectivity index (χ4v) is 4.23. The highest BCUT2D eigenvalue weighted by molar-refractivity contribution is 5.98. The number of aromatic nitrogens is 3. The van der Waals surface area contributed by atoms with Gasteiger partial charge in [-0.05, 0) is 32.0 Å². The Morgan fingerprint density at radius 3 is 2.96 bits per heavy atom. The highest BCUT2D eigenvalue weighted by atomic mass is 16.5. The normalized spacial score (nSPS) is 32.3. The van der Waals surface area contributed by atoms with E-state index in [4.69, 9.17) is 4.74 Å². The maximum absolute atomic E-state index is 6.31. The number of nitrogens with one attached hydrogen (secondary N) is 1. The Kier molecular flexibility index (Phi) is 2.70. The summed E-state index contributed by atoms with van der Waals surface area (Å²) >= 11 is 0. The van der Waals surface area contributed by atoms with E-state index in [9.17, 15) is 0 Å². The van der Waals surface area contributed by atoms with Crippen LogP contribution in [0.5, 0.6) is 0 Å². The summed E-state index contributed by atoms with van der Waals surface area (Å²) in [6.07, 6.45) is 6.00. The predicted molar refractivity (Wildman–Crippen MR) is 87.4 cm³/mol. The summed E-state index contributed by atoms with van der Waals surface area (Å²) in [5, 5.41) is 4.26. The number of amidine groups is 1. The SMILES string of the molecule is Cn1ccc2c(NC3=NC[C@@]4(CN5CCC4CC5)O3)ncnc21. The molecule has 23 heavy (non-hydrogen) atoms. The summed E-state index contributed by atoms with van der Waals surface area (Å²) in [5.74, 6) is 1.38. The predicted octanol–water partition coefficient (Wildman–Crippen LogP) is 1.23. The maximum Gasteiger partial charge on any atom is 0.291 e. The van der Waals surface area contributed by atoms with Gasteiger partial charge in [0.25, 0.3) is 6.02 Å². The first-order chi connectivity index (χ1) is 11.2. The van der Waals surface area contributed by atoms with Gasteiger partial charge in [-0.3, -0.25) is 10.2 Å². The van der Waals surface area contributed by atoms with Crippen LogP contribution < -0.4 is 5.32 Å².